The van der Waals surface area contributed by atoms with E-state index in [4.69, 9.17) is 5.10 Å². The molecule has 1 atom stereocenters. The highest BCUT2D eigenvalue weighted by Gasteiger charge is 2.32. The van der Waals surface area contributed by atoms with Crippen molar-refractivity contribution in [2.45, 2.75) is 12.8 Å². The molecular weight excluding hydrogens is 463 g/mol. The van der Waals surface area contributed by atoms with Crippen LogP contribution in [0.5, 0.6) is 0 Å². The van der Waals surface area contributed by atoms with E-state index in [1.165, 1.54) is 29.2 Å². The van der Waals surface area contributed by atoms with Crippen LogP contribution in [-0.4, -0.2) is 64.7 Å². The number of para-hydroxylation sites is 1. The Bertz CT molecular complexity index is 1280. The number of rotatable bonds is 4. The first-order valence-corrected chi connectivity index (χ1v) is 12.9. The van der Waals surface area contributed by atoms with Crippen molar-refractivity contribution in [2.75, 3.05) is 49.1 Å². The molecule has 4 heterocycles. The fourth-order valence-corrected chi connectivity index (χ4v) is 5.93. The molecule has 0 N–H and O–H groups in total. The monoisotopic (exact) mass is 490 g/mol. The van der Waals surface area contributed by atoms with Crippen molar-refractivity contribution in [2.24, 2.45) is 5.92 Å². The Hall–Kier alpha value is -3.46. The second-order valence-electron chi connectivity index (χ2n) is 9.18. The van der Waals surface area contributed by atoms with Gasteiger partial charge in [-0.2, -0.15) is 0 Å². The van der Waals surface area contributed by atoms with Gasteiger partial charge in [-0.15, -0.1) is 5.10 Å². The highest BCUT2D eigenvalue weighted by molar-refractivity contribution is 7.20. The van der Waals surface area contributed by atoms with Gasteiger partial charge in [0.05, 0.1) is 17.8 Å². The lowest BCUT2D eigenvalue weighted by Crippen LogP contribution is -2.52. The summed E-state index contributed by atoms with van der Waals surface area (Å²) < 4.78 is 15.0. The van der Waals surface area contributed by atoms with Crippen LogP contribution in [0, 0.1) is 11.7 Å². The van der Waals surface area contributed by atoms with Gasteiger partial charge in [-0.25, -0.2) is 13.9 Å². The summed E-state index contributed by atoms with van der Waals surface area (Å²) in [6.07, 6.45) is 3.77. The van der Waals surface area contributed by atoms with Gasteiger partial charge in [0.15, 0.2) is 0 Å². The Morgan fingerprint density at radius 2 is 1.71 bits per heavy atom. The van der Waals surface area contributed by atoms with Crippen molar-refractivity contribution >= 4 is 33.0 Å². The summed E-state index contributed by atoms with van der Waals surface area (Å²) in [7, 11) is 0. The van der Waals surface area contributed by atoms with Crippen molar-refractivity contribution in [3.63, 3.8) is 0 Å². The van der Waals surface area contributed by atoms with Gasteiger partial charge in [-0.3, -0.25) is 4.79 Å². The quantitative estimate of drug-likeness (QED) is 0.430. The predicted octanol–water partition coefficient (Wildman–Crippen LogP) is 4.16. The number of piperazine rings is 1. The Morgan fingerprint density at radius 3 is 2.46 bits per heavy atom. The van der Waals surface area contributed by atoms with Gasteiger partial charge in [-0.05, 0) is 49.2 Å². The molecule has 0 bridgehead atoms. The number of aromatic nitrogens is 3. The zero-order valence-corrected chi connectivity index (χ0v) is 20.2. The third kappa shape index (κ3) is 4.48. The van der Waals surface area contributed by atoms with E-state index in [1.807, 2.05) is 17.2 Å². The third-order valence-corrected chi connectivity index (χ3v) is 7.91. The van der Waals surface area contributed by atoms with Gasteiger partial charge in [0.25, 0.3) is 0 Å². The number of benzene rings is 2. The maximum atomic E-state index is 13.3. The minimum atomic E-state index is -0.262. The van der Waals surface area contributed by atoms with Crippen molar-refractivity contribution in [3.05, 3.63) is 66.6 Å². The molecule has 2 aliphatic rings. The summed E-state index contributed by atoms with van der Waals surface area (Å²) in [5, 5.41) is 5.64. The first-order chi connectivity index (χ1) is 17.1. The molecule has 2 aromatic heterocycles. The third-order valence-electron chi connectivity index (χ3n) is 6.93. The average Bonchev–Trinajstić information content (AvgIpc) is 3.49. The summed E-state index contributed by atoms with van der Waals surface area (Å²) in [5.41, 5.74) is 2.86. The van der Waals surface area contributed by atoms with E-state index in [2.05, 4.69) is 39.0 Å². The topological polar surface area (TPSA) is 57.0 Å². The molecule has 0 unspecified atom stereocenters. The van der Waals surface area contributed by atoms with E-state index in [-0.39, 0.29) is 17.6 Å². The molecule has 2 aliphatic heterocycles. The first kappa shape index (κ1) is 22.0. The number of carbonyl (C=O) groups excluding carboxylic acids is 1. The Balaban J connectivity index is 1.10. The molecule has 0 aliphatic carbocycles. The molecule has 0 saturated carbocycles. The Morgan fingerprint density at radius 1 is 0.943 bits per heavy atom. The number of carbonyl (C=O) groups is 1. The second kappa shape index (κ2) is 9.30. The highest BCUT2D eigenvalue weighted by Crippen LogP contribution is 2.30. The van der Waals surface area contributed by atoms with Crippen LogP contribution in [0.15, 0.2) is 60.8 Å². The van der Waals surface area contributed by atoms with Crippen molar-refractivity contribution in [3.8, 4) is 11.3 Å². The fourth-order valence-electron chi connectivity index (χ4n) is 5.01. The van der Waals surface area contributed by atoms with Crippen LogP contribution < -0.4 is 9.80 Å². The molecule has 2 fully saturated rings. The molecule has 2 saturated heterocycles. The number of nitrogens with zero attached hydrogens (tertiary/aromatic N) is 6. The maximum absolute atomic E-state index is 13.3. The van der Waals surface area contributed by atoms with Gasteiger partial charge in [0, 0.05) is 50.5 Å². The Kier molecular flexibility index (Phi) is 5.85. The number of fused-ring (bicyclic) bond motifs is 1. The molecule has 35 heavy (non-hydrogen) atoms. The summed E-state index contributed by atoms with van der Waals surface area (Å²) in [6, 6.07) is 16.7. The molecule has 6 rings (SSSR count). The number of piperidine rings is 1. The molecule has 0 radical (unpaired) electrons. The van der Waals surface area contributed by atoms with E-state index in [0.717, 1.165) is 66.9 Å². The SMILES string of the molecule is O=C([C@H]1CCCN(c2nn3cc(-c4ccc(F)cc4)nc3s2)C1)N1CCN(c2ccccc2)CC1. The summed E-state index contributed by atoms with van der Waals surface area (Å²) >= 11 is 1.53. The van der Waals surface area contributed by atoms with E-state index >= 15 is 0 Å². The number of hydrogen-bond donors (Lipinski definition) is 0. The zero-order valence-electron chi connectivity index (χ0n) is 19.4. The van der Waals surface area contributed by atoms with E-state index in [1.54, 1.807) is 16.6 Å². The largest absolute Gasteiger partial charge is 0.368 e. The molecule has 4 aromatic rings. The molecule has 2 aromatic carbocycles. The lowest BCUT2D eigenvalue weighted by molar-refractivity contribution is -0.136. The number of halogens is 1. The van der Waals surface area contributed by atoms with E-state index in [0.29, 0.717) is 6.54 Å². The number of amides is 1. The fraction of sp³-hybridized carbons (Fsp3) is 0.346. The summed E-state index contributed by atoms with van der Waals surface area (Å²) in [6.45, 7) is 4.85. The van der Waals surface area contributed by atoms with Gasteiger partial charge in [0.2, 0.25) is 16.0 Å². The van der Waals surface area contributed by atoms with Crippen LogP contribution in [0.2, 0.25) is 0 Å². The lowest BCUT2D eigenvalue weighted by Gasteiger charge is -2.39. The van der Waals surface area contributed by atoms with E-state index in [9.17, 15) is 9.18 Å². The first-order valence-electron chi connectivity index (χ1n) is 12.1. The second-order valence-corrected chi connectivity index (χ2v) is 10.1. The van der Waals surface area contributed by atoms with Gasteiger partial charge in [-0.1, -0.05) is 29.5 Å². The van der Waals surface area contributed by atoms with Crippen molar-refractivity contribution in [1.82, 2.24) is 19.5 Å². The minimum Gasteiger partial charge on any atom is -0.368 e. The van der Waals surface area contributed by atoms with Crippen LogP contribution in [0.1, 0.15) is 12.8 Å². The van der Waals surface area contributed by atoms with Gasteiger partial charge < -0.3 is 14.7 Å². The zero-order chi connectivity index (χ0) is 23.8. The lowest BCUT2D eigenvalue weighted by atomic mass is 9.96. The van der Waals surface area contributed by atoms with E-state index < -0.39 is 0 Å². The molecule has 0 spiro atoms. The van der Waals surface area contributed by atoms with Crippen LogP contribution in [0.4, 0.5) is 15.2 Å². The highest BCUT2D eigenvalue weighted by atomic mass is 32.1. The Labute approximate surface area is 207 Å². The van der Waals surface area contributed by atoms with Crippen LogP contribution in [0.3, 0.4) is 0 Å². The normalized spacial score (nSPS) is 18.9. The number of hydrogen-bond acceptors (Lipinski definition) is 6. The molecule has 180 valence electrons. The van der Waals surface area contributed by atoms with Crippen LogP contribution in [0.25, 0.3) is 16.2 Å². The van der Waals surface area contributed by atoms with Crippen LogP contribution in [-0.2, 0) is 4.79 Å². The maximum Gasteiger partial charge on any atom is 0.227 e. The molecule has 9 heteroatoms. The molecular formula is C26H27FN6OS. The average molecular weight is 491 g/mol. The van der Waals surface area contributed by atoms with Crippen LogP contribution >= 0.6 is 11.3 Å². The van der Waals surface area contributed by atoms with Crippen molar-refractivity contribution in [1.29, 1.82) is 0 Å². The summed E-state index contributed by atoms with van der Waals surface area (Å²) in [4.78, 5) is 25.4. The summed E-state index contributed by atoms with van der Waals surface area (Å²) in [5.74, 6) is 0.00261. The number of anilines is 2. The molecule has 1 amide bonds. The number of imidazole rings is 1. The van der Waals surface area contributed by atoms with Gasteiger partial charge in [0.1, 0.15) is 5.82 Å². The molecule has 7 nitrogen and oxygen atoms in total. The predicted molar refractivity (Wildman–Crippen MR) is 136 cm³/mol. The standard InChI is InChI=1S/C26H27FN6OS/c27-21-10-8-19(9-11-21)23-18-33-25(28-23)35-26(29-33)32-12-4-5-20(17-32)24(34)31-15-13-30(14-16-31)22-6-2-1-3-7-22/h1-3,6-11,18,20H,4-5,12-17H2/t20-/m0/s1. The minimum absolute atomic E-state index is 0.00183. The van der Waals surface area contributed by atoms with Crippen molar-refractivity contribution < 1.29 is 9.18 Å². The smallest absolute Gasteiger partial charge is 0.227 e. The van der Waals surface area contributed by atoms with Gasteiger partial charge >= 0.3 is 0 Å².